The van der Waals surface area contributed by atoms with Crippen molar-refractivity contribution in [3.63, 3.8) is 0 Å². The normalized spacial score (nSPS) is 29.8. The maximum absolute atomic E-state index is 11.9. The Kier molecular flexibility index (Phi) is 4.76. The number of carboxylic acids is 1. The minimum absolute atomic E-state index is 0.242. The van der Waals surface area contributed by atoms with Crippen molar-refractivity contribution in [2.24, 2.45) is 0 Å². The first-order valence-electron chi connectivity index (χ1n) is 6.52. The average Bonchev–Trinajstić information content (AvgIpc) is 2.94. The molecule has 0 saturated carbocycles. The zero-order chi connectivity index (χ0) is 14.5. The Labute approximate surface area is 116 Å². The maximum atomic E-state index is 11.9. The number of hydrogen-bond acceptors (Lipinski definition) is 5. The smallest absolute Gasteiger partial charge is 0.332 e. The monoisotopic (exact) mass is 283 g/mol. The molecule has 3 atom stereocenters. The summed E-state index contributed by atoms with van der Waals surface area (Å²) in [5, 5.41) is 20.3. The molecule has 2 saturated heterocycles. The molecule has 0 aromatic rings. The van der Waals surface area contributed by atoms with Crippen molar-refractivity contribution in [1.29, 1.82) is 5.26 Å². The fraction of sp³-hybridized carbons (Fsp3) is 0.750. The minimum atomic E-state index is -0.969. The Morgan fingerprint density at radius 3 is 2.90 bits per heavy atom. The van der Waals surface area contributed by atoms with E-state index >= 15 is 0 Å². The highest BCUT2D eigenvalue weighted by atomic mass is 16.5. The molecular formula is C12H17N3O5. The van der Waals surface area contributed by atoms with Gasteiger partial charge in [0, 0.05) is 13.1 Å². The van der Waals surface area contributed by atoms with E-state index in [9.17, 15) is 9.59 Å². The van der Waals surface area contributed by atoms with Crippen LogP contribution in [0.5, 0.6) is 0 Å². The number of ether oxygens (including phenoxy) is 2. The van der Waals surface area contributed by atoms with E-state index in [0.29, 0.717) is 26.0 Å². The molecule has 2 aliphatic rings. The van der Waals surface area contributed by atoms with Crippen molar-refractivity contribution < 1.29 is 24.2 Å². The van der Waals surface area contributed by atoms with Gasteiger partial charge in [-0.25, -0.2) is 9.59 Å². The highest BCUT2D eigenvalue weighted by Crippen LogP contribution is 2.19. The summed E-state index contributed by atoms with van der Waals surface area (Å²) >= 11 is 0. The van der Waals surface area contributed by atoms with Crippen LogP contribution in [0.4, 0.5) is 4.79 Å². The molecule has 110 valence electrons. The van der Waals surface area contributed by atoms with Crippen LogP contribution >= 0.6 is 0 Å². The van der Waals surface area contributed by atoms with Gasteiger partial charge in [0.25, 0.3) is 0 Å². The molecule has 2 amide bonds. The van der Waals surface area contributed by atoms with Crippen LogP contribution in [0, 0.1) is 11.3 Å². The van der Waals surface area contributed by atoms with E-state index in [1.54, 1.807) is 0 Å². The fourth-order valence-electron chi connectivity index (χ4n) is 2.26. The van der Waals surface area contributed by atoms with Crippen LogP contribution in [0.1, 0.15) is 12.8 Å². The molecule has 8 nitrogen and oxygen atoms in total. The first-order chi connectivity index (χ1) is 9.60. The lowest BCUT2D eigenvalue weighted by Gasteiger charge is -2.30. The van der Waals surface area contributed by atoms with E-state index in [4.69, 9.17) is 19.8 Å². The number of amides is 2. The van der Waals surface area contributed by atoms with Gasteiger partial charge in [-0.2, -0.15) is 5.26 Å². The van der Waals surface area contributed by atoms with Crippen LogP contribution < -0.4 is 5.32 Å². The molecule has 0 aliphatic carbocycles. The first kappa shape index (κ1) is 14.6. The average molecular weight is 283 g/mol. The second-order valence-electron chi connectivity index (χ2n) is 4.78. The van der Waals surface area contributed by atoms with Crippen LogP contribution in [0.25, 0.3) is 0 Å². The molecule has 8 heteroatoms. The van der Waals surface area contributed by atoms with Crippen molar-refractivity contribution in [2.45, 2.75) is 31.2 Å². The number of urea groups is 1. The van der Waals surface area contributed by atoms with Gasteiger partial charge in [0.05, 0.1) is 25.3 Å². The number of carbonyl (C=O) groups is 2. The predicted octanol–water partition coefficient (Wildman–Crippen LogP) is -0.447. The molecule has 2 heterocycles. The molecule has 0 aromatic carbocycles. The molecular weight excluding hydrogens is 266 g/mol. The molecule has 0 aromatic heterocycles. The Morgan fingerprint density at radius 1 is 1.45 bits per heavy atom. The molecule has 0 radical (unpaired) electrons. The highest BCUT2D eigenvalue weighted by molar-refractivity contribution is 5.74. The Hall–Kier alpha value is -1.85. The van der Waals surface area contributed by atoms with E-state index in [1.165, 1.54) is 4.90 Å². The molecule has 3 unspecified atom stereocenters. The van der Waals surface area contributed by atoms with Crippen molar-refractivity contribution in [3.05, 3.63) is 0 Å². The van der Waals surface area contributed by atoms with Gasteiger partial charge in [0.2, 0.25) is 0 Å². The summed E-state index contributed by atoms with van der Waals surface area (Å²) in [6, 6.07) is 1.69. The summed E-state index contributed by atoms with van der Waals surface area (Å²) in [7, 11) is 0. The van der Waals surface area contributed by atoms with E-state index < -0.39 is 18.2 Å². The minimum Gasteiger partial charge on any atom is -0.479 e. The van der Waals surface area contributed by atoms with Crippen molar-refractivity contribution >= 4 is 12.0 Å². The van der Waals surface area contributed by atoms with Crippen LogP contribution in [-0.4, -0.2) is 66.6 Å². The molecule has 2 fully saturated rings. The lowest BCUT2D eigenvalue weighted by molar-refractivity contribution is -0.149. The van der Waals surface area contributed by atoms with Gasteiger partial charge in [-0.3, -0.25) is 0 Å². The van der Waals surface area contributed by atoms with Crippen LogP contribution in [0.3, 0.4) is 0 Å². The number of nitrogens with zero attached hydrogens (tertiary/aromatic N) is 2. The molecule has 2 N–H and O–H groups in total. The largest absolute Gasteiger partial charge is 0.479 e. The third kappa shape index (κ3) is 3.59. The standard InChI is InChI=1S/C12H17N3O5/c13-5-9-7-15(3-4-19-9)12(18)14-6-8-1-2-10(20-8)11(16)17/h8-10H,1-4,6-7H2,(H,14,18)(H,16,17). The zero-order valence-corrected chi connectivity index (χ0v) is 10.9. The Morgan fingerprint density at radius 2 is 2.25 bits per heavy atom. The third-order valence-corrected chi connectivity index (χ3v) is 3.36. The van der Waals surface area contributed by atoms with E-state index in [1.807, 2.05) is 6.07 Å². The van der Waals surface area contributed by atoms with Crippen LogP contribution in [-0.2, 0) is 14.3 Å². The predicted molar refractivity (Wildman–Crippen MR) is 65.9 cm³/mol. The number of hydrogen-bond donors (Lipinski definition) is 2. The van der Waals surface area contributed by atoms with Gasteiger partial charge < -0.3 is 24.8 Å². The highest BCUT2D eigenvalue weighted by Gasteiger charge is 2.31. The molecule has 2 aliphatic heterocycles. The number of carboxylic acid groups (broad SMARTS) is 1. The van der Waals surface area contributed by atoms with Gasteiger partial charge >= 0.3 is 12.0 Å². The second-order valence-corrected chi connectivity index (χ2v) is 4.78. The van der Waals surface area contributed by atoms with E-state index in [0.717, 1.165) is 0 Å². The quantitative estimate of drug-likeness (QED) is 0.725. The van der Waals surface area contributed by atoms with Crippen molar-refractivity contribution in [3.8, 4) is 6.07 Å². The lowest BCUT2D eigenvalue weighted by Crippen LogP contribution is -2.50. The summed E-state index contributed by atoms with van der Waals surface area (Å²) in [5.41, 5.74) is 0. The maximum Gasteiger partial charge on any atom is 0.332 e. The van der Waals surface area contributed by atoms with E-state index in [2.05, 4.69) is 5.32 Å². The second kappa shape index (κ2) is 6.54. The summed E-state index contributed by atoms with van der Waals surface area (Å²) in [4.78, 5) is 24.2. The Balaban J connectivity index is 1.73. The number of nitriles is 1. The molecule has 2 rings (SSSR count). The zero-order valence-electron chi connectivity index (χ0n) is 10.9. The van der Waals surface area contributed by atoms with Gasteiger partial charge in [-0.05, 0) is 12.8 Å². The van der Waals surface area contributed by atoms with Crippen LogP contribution in [0.2, 0.25) is 0 Å². The number of aliphatic carboxylic acids is 1. The van der Waals surface area contributed by atoms with Gasteiger partial charge in [-0.15, -0.1) is 0 Å². The van der Waals surface area contributed by atoms with Gasteiger partial charge in [0.1, 0.15) is 0 Å². The summed E-state index contributed by atoms with van der Waals surface area (Å²) in [5.74, 6) is -0.969. The summed E-state index contributed by atoms with van der Waals surface area (Å²) < 4.78 is 10.4. The molecule has 0 bridgehead atoms. The van der Waals surface area contributed by atoms with Crippen molar-refractivity contribution in [1.82, 2.24) is 10.2 Å². The van der Waals surface area contributed by atoms with E-state index in [-0.39, 0.29) is 25.2 Å². The topological polar surface area (TPSA) is 112 Å². The summed E-state index contributed by atoms with van der Waals surface area (Å²) in [6.45, 7) is 1.29. The fourth-order valence-corrected chi connectivity index (χ4v) is 2.26. The molecule has 0 spiro atoms. The number of carbonyl (C=O) groups excluding carboxylic acids is 1. The SMILES string of the molecule is N#CC1CN(C(=O)NCC2CCC(C(=O)O)O2)CCO1. The summed E-state index contributed by atoms with van der Waals surface area (Å²) in [6.07, 6.45) is -0.560. The first-order valence-corrected chi connectivity index (χ1v) is 6.52. The van der Waals surface area contributed by atoms with Crippen molar-refractivity contribution in [2.75, 3.05) is 26.2 Å². The Bertz CT molecular complexity index is 422. The van der Waals surface area contributed by atoms with Crippen LogP contribution in [0.15, 0.2) is 0 Å². The number of morpholine rings is 1. The van der Waals surface area contributed by atoms with Gasteiger partial charge in [0.15, 0.2) is 12.2 Å². The molecule has 20 heavy (non-hydrogen) atoms. The van der Waals surface area contributed by atoms with Gasteiger partial charge in [-0.1, -0.05) is 0 Å². The number of nitrogens with one attached hydrogen (secondary N) is 1. The lowest BCUT2D eigenvalue weighted by atomic mass is 10.2. The number of rotatable bonds is 3. The third-order valence-electron chi connectivity index (χ3n) is 3.36.